The molecule has 0 atom stereocenters. The first-order valence-electron chi connectivity index (χ1n) is 10.7. The van der Waals surface area contributed by atoms with Crippen LogP contribution in [-0.4, -0.2) is 70.4 Å². The minimum atomic E-state index is 0. The lowest BCUT2D eigenvalue weighted by Crippen LogP contribution is -2.60. The van der Waals surface area contributed by atoms with Gasteiger partial charge in [-0.15, -0.1) is 24.0 Å². The number of rotatable bonds is 6. The van der Waals surface area contributed by atoms with Gasteiger partial charge >= 0.3 is 0 Å². The van der Waals surface area contributed by atoms with E-state index in [1.807, 2.05) is 7.05 Å². The van der Waals surface area contributed by atoms with Crippen molar-refractivity contribution in [1.29, 1.82) is 0 Å². The van der Waals surface area contributed by atoms with Gasteiger partial charge < -0.3 is 20.3 Å². The number of guanidine groups is 1. The molecule has 1 aromatic rings. The molecule has 2 fully saturated rings. The maximum atomic E-state index is 5.59. The topological polar surface area (TPSA) is 52.1 Å². The monoisotopic (exact) mass is 515 g/mol. The largest absolute Gasteiger partial charge is 0.379 e. The van der Waals surface area contributed by atoms with E-state index in [-0.39, 0.29) is 29.5 Å². The molecule has 3 rings (SSSR count). The second kappa shape index (κ2) is 12.0. The Kier molecular flexibility index (Phi) is 9.98. The van der Waals surface area contributed by atoms with Crippen LogP contribution < -0.4 is 15.5 Å². The SMILES string of the molecule is CN=C(NCc1ccc(N(C)C)cc1)NCC1(N2CCOCC2)CCCCC1.I. The van der Waals surface area contributed by atoms with Crippen molar-refractivity contribution in [3.8, 4) is 0 Å². The van der Waals surface area contributed by atoms with Crippen LogP contribution in [0.5, 0.6) is 0 Å². The summed E-state index contributed by atoms with van der Waals surface area (Å²) in [5.41, 5.74) is 2.72. The number of hydrogen-bond acceptors (Lipinski definition) is 4. The zero-order valence-electron chi connectivity index (χ0n) is 18.2. The molecule has 1 aliphatic carbocycles. The van der Waals surface area contributed by atoms with Gasteiger partial charge in [0.2, 0.25) is 0 Å². The maximum absolute atomic E-state index is 5.59. The van der Waals surface area contributed by atoms with E-state index in [9.17, 15) is 0 Å². The first-order valence-corrected chi connectivity index (χ1v) is 10.7. The lowest BCUT2D eigenvalue weighted by Gasteiger charge is -2.48. The van der Waals surface area contributed by atoms with Gasteiger partial charge in [-0.3, -0.25) is 9.89 Å². The summed E-state index contributed by atoms with van der Waals surface area (Å²) >= 11 is 0. The van der Waals surface area contributed by atoms with Crippen LogP contribution in [0.1, 0.15) is 37.7 Å². The van der Waals surface area contributed by atoms with Crippen LogP contribution in [0.4, 0.5) is 5.69 Å². The highest BCUT2D eigenvalue weighted by atomic mass is 127. The van der Waals surface area contributed by atoms with Crippen molar-refractivity contribution < 1.29 is 4.74 Å². The summed E-state index contributed by atoms with van der Waals surface area (Å²) in [6.45, 7) is 5.54. The zero-order valence-corrected chi connectivity index (χ0v) is 20.6. The predicted octanol–water partition coefficient (Wildman–Crippen LogP) is 3.07. The highest BCUT2D eigenvalue weighted by Crippen LogP contribution is 2.33. The van der Waals surface area contributed by atoms with Gasteiger partial charge in [-0.05, 0) is 30.5 Å². The predicted molar refractivity (Wildman–Crippen MR) is 133 cm³/mol. The Bertz CT molecular complexity index is 623. The molecule has 2 N–H and O–H groups in total. The molecule has 0 amide bonds. The molecule has 164 valence electrons. The molecule has 1 saturated heterocycles. The van der Waals surface area contributed by atoms with E-state index in [2.05, 4.69) is 63.8 Å². The van der Waals surface area contributed by atoms with E-state index in [4.69, 9.17) is 4.74 Å². The summed E-state index contributed by atoms with van der Waals surface area (Å²) in [5.74, 6) is 0.884. The number of benzene rings is 1. The zero-order chi connectivity index (χ0) is 19.8. The minimum Gasteiger partial charge on any atom is -0.379 e. The van der Waals surface area contributed by atoms with Crippen LogP contribution in [0.25, 0.3) is 0 Å². The fourth-order valence-corrected chi connectivity index (χ4v) is 4.42. The summed E-state index contributed by atoms with van der Waals surface area (Å²) in [6.07, 6.45) is 6.54. The molecule has 1 aromatic carbocycles. The summed E-state index contributed by atoms with van der Waals surface area (Å²) < 4.78 is 5.59. The van der Waals surface area contributed by atoms with Crippen molar-refractivity contribution in [3.63, 3.8) is 0 Å². The normalized spacial score (nSPS) is 19.9. The number of nitrogens with one attached hydrogen (secondary N) is 2. The summed E-state index contributed by atoms with van der Waals surface area (Å²) in [5, 5.41) is 7.10. The number of nitrogens with zero attached hydrogens (tertiary/aromatic N) is 3. The van der Waals surface area contributed by atoms with Gasteiger partial charge in [-0.25, -0.2) is 0 Å². The fraction of sp³-hybridized carbons (Fsp3) is 0.682. The Labute approximate surface area is 193 Å². The second-order valence-corrected chi connectivity index (χ2v) is 8.22. The fourth-order valence-electron chi connectivity index (χ4n) is 4.42. The lowest BCUT2D eigenvalue weighted by atomic mass is 9.80. The molecule has 29 heavy (non-hydrogen) atoms. The van der Waals surface area contributed by atoms with E-state index in [0.29, 0.717) is 0 Å². The first kappa shape index (κ1) is 24.2. The third-order valence-corrected chi connectivity index (χ3v) is 6.19. The summed E-state index contributed by atoms with van der Waals surface area (Å²) in [6, 6.07) is 8.66. The van der Waals surface area contributed by atoms with Crippen LogP contribution in [0.3, 0.4) is 0 Å². The molecule has 1 saturated carbocycles. The second-order valence-electron chi connectivity index (χ2n) is 8.22. The Hall–Kier alpha value is -1.06. The molecule has 0 unspecified atom stereocenters. The number of aliphatic imine (C=N–C) groups is 1. The standard InChI is InChI=1S/C22H37N5O.HI/c1-23-21(24-17-19-7-9-20(10-8-19)26(2)3)25-18-22(11-5-4-6-12-22)27-13-15-28-16-14-27;/h7-10H,4-6,11-18H2,1-3H3,(H2,23,24,25);1H. The molecule has 7 heteroatoms. The van der Waals surface area contributed by atoms with E-state index in [1.54, 1.807) is 0 Å². The number of ether oxygens (including phenoxy) is 1. The van der Waals surface area contributed by atoms with E-state index >= 15 is 0 Å². The van der Waals surface area contributed by atoms with Crippen molar-refractivity contribution in [3.05, 3.63) is 29.8 Å². The Morgan fingerprint density at radius 1 is 1.07 bits per heavy atom. The number of morpholine rings is 1. The third-order valence-electron chi connectivity index (χ3n) is 6.19. The van der Waals surface area contributed by atoms with Crippen LogP contribution >= 0.6 is 24.0 Å². The Morgan fingerprint density at radius 3 is 2.31 bits per heavy atom. The van der Waals surface area contributed by atoms with Gasteiger partial charge in [0.05, 0.1) is 13.2 Å². The molecular weight excluding hydrogens is 477 g/mol. The molecule has 0 aromatic heterocycles. The Morgan fingerprint density at radius 2 is 1.72 bits per heavy atom. The molecular formula is C22H38IN5O. The molecule has 1 aliphatic heterocycles. The quantitative estimate of drug-likeness (QED) is 0.347. The van der Waals surface area contributed by atoms with Crippen LogP contribution in [-0.2, 0) is 11.3 Å². The molecule has 2 aliphatic rings. The van der Waals surface area contributed by atoms with Crippen LogP contribution in [0, 0.1) is 0 Å². The summed E-state index contributed by atoms with van der Waals surface area (Å²) in [7, 11) is 5.98. The van der Waals surface area contributed by atoms with Gasteiger partial charge in [-0.1, -0.05) is 31.4 Å². The smallest absolute Gasteiger partial charge is 0.191 e. The summed E-state index contributed by atoms with van der Waals surface area (Å²) in [4.78, 5) is 9.23. The van der Waals surface area contributed by atoms with Gasteiger partial charge in [-0.2, -0.15) is 0 Å². The van der Waals surface area contributed by atoms with Crippen molar-refractivity contribution in [2.75, 3.05) is 58.9 Å². The van der Waals surface area contributed by atoms with Crippen LogP contribution in [0.15, 0.2) is 29.3 Å². The van der Waals surface area contributed by atoms with E-state index in [1.165, 1.54) is 43.4 Å². The maximum Gasteiger partial charge on any atom is 0.191 e. The molecule has 0 spiro atoms. The van der Waals surface area contributed by atoms with Crippen molar-refractivity contribution in [1.82, 2.24) is 15.5 Å². The van der Waals surface area contributed by atoms with Crippen molar-refractivity contribution in [2.24, 2.45) is 4.99 Å². The van der Waals surface area contributed by atoms with Gasteiger partial charge in [0, 0.05) is 58.5 Å². The van der Waals surface area contributed by atoms with Gasteiger partial charge in [0.1, 0.15) is 0 Å². The molecule has 0 bridgehead atoms. The number of anilines is 1. The van der Waals surface area contributed by atoms with Crippen LogP contribution in [0.2, 0.25) is 0 Å². The highest BCUT2D eigenvalue weighted by Gasteiger charge is 2.38. The van der Waals surface area contributed by atoms with E-state index in [0.717, 1.165) is 45.4 Å². The third kappa shape index (κ3) is 6.72. The lowest BCUT2D eigenvalue weighted by molar-refractivity contribution is -0.0352. The average molecular weight is 515 g/mol. The van der Waals surface area contributed by atoms with Crippen molar-refractivity contribution >= 4 is 35.6 Å². The minimum absolute atomic E-state index is 0. The average Bonchev–Trinajstić information content (AvgIpc) is 2.75. The molecule has 0 radical (unpaired) electrons. The Balaban J connectivity index is 0.00000300. The van der Waals surface area contributed by atoms with Crippen molar-refractivity contribution in [2.45, 2.75) is 44.2 Å². The van der Waals surface area contributed by atoms with E-state index < -0.39 is 0 Å². The first-order chi connectivity index (χ1) is 13.6. The number of hydrogen-bond donors (Lipinski definition) is 2. The van der Waals surface area contributed by atoms with Gasteiger partial charge in [0.25, 0.3) is 0 Å². The molecule has 1 heterocycles. The number of halogens is 1. The highest BCUT2D eigenvalue weighted by molar-refractivity contribution is 14.0. The molecule has 6 nitrogen and oxygen atoms in total. The van der Waals surface area contributed by atoms with Gasteiger partial charge in [0.15, 0.2) is 5.96 Å².